The van der Waals surface area contributed by atoms with E-state index in [0.717, 1.165) is 17.0 Å². The maximum Gasteiger partial charge on any atom is 0.348 e. The second-order valence-electron chi connectivity index (χ2n) is 4.70. The fourth-order valence-electron chi connectivity index (χ4n) is 2.35. The normalized spacial score (nSPS) is 10.9. The highest BCUT2D eigenvalue weighted by Gasteiger charge is 2.22. The van der Waals surface area contributed by atoms with E-state index in [4.69, 9.17) is 9.47 Å². The van der Waals surface area contributed by atoms with E-state index in [1.807, 2.05) is 11.3 Å². The van der Waals surface area contributed by atoms with Crippen LogP contribution in [0.5, 0.6) is 11.5 Å². The van der Waals surface area contributed by atoms with Gasteiger partial charge in [-0.2, -0.15) is 0 Å². The number of ether oxygens (including phenoxy) is 2. The molecule has 0 aliphatic heterocycles. The van der Waals surface area contributed by atoms with Gasteiger partial charge in [0.05, 0.1) is 19.9 Å². The number of imidazole rings is 1. The number of carboxylic acid groups (broad SMARTS) is 1. The molecular formula is C15H14N2O4S. The molecule has 3 rings (SSSR count). The van der Waals surface area contributed by atoms with Crippen molar-refractivity contribution in [2.75, 3.05) is 14.2 Å². The summed E-state index contributed by atoms with van der Waals surface area (Å²) in [7, 11) is 3.12. The number of thiazole rings is 1. The summed E-state index contributed by atoms with van der Waals surface area (Å²) in [4.78, 5) is 16.7. The zero-order valence-electron chi connectivity index (χ0n) is 12.3. The lowest BCUT2D eigenvalue weighted by Crippen LogP contribution is -1.99. The molecule has 3 aromatic rings. The minimum absolute atomic E-state index is 0.238. The molecular weight excluding hydrogens is 304 g/mol. The number of nitrogens with zero attached hydrogens (tertiary/aromatic N) is 2. The van der Waals surface area contributed by atoms with E-state index in [-0.39, 0.29) is 4.88 Å². The van der Waals surface area contributed by atoms with Gasteiger partial charge in [0, 0.05) is 23.5 Å². The number of methoxy groups -OCH3 is 2. The highest BCUT2D eigenvalue weighted by Crippen LogP contribution is 2.36. The zero-order valence-corrected chi connectivity index (χ0v) is 13.1. The molecule has 6 nitrogen and oxygen atoms in total. The van der Waals surface area contributed by atoms with Crippen LogP contribution in [0.1, 0.15) is 15.4 Å². The molecule has 0 aliphatic rings. The van der Waals surface area contributed by atoms with E-state index in [1.54, 1.807) is 38.6 Å². The van der Waals surface area contributed by atoms with Crippen molar-refractivity contribution in [2.24, 2.45) is 0 Å². The fraction of sp³-hybridized carbons (Fsp3) is 0.200. The summed E-state index contributed by atoms with van der Waals surface area (Å²) in [6.07, 6.45) is 1.72. The summed E-state index contributed by atoms with van der Waals surface area (Å²) in [6.45, 7) is 1.89. The summed E-state index contributed by atoms with van der Waals surface area (Å²) in [6, 6.07) is 5.32. The first kappa shape index (κ1) is 14.4. The van der Waals surface area contributed by atoms with Gasteiger partial charge in [0.1, 0.15) is 16.4 Å². The van der Waals surface area contributed by atoms with Crippen LogP contribution in [0.3, 0.4) is 0 Å². The number of aromatic nitrogens is 2. The van der Waals surface area contributed by atoms with E-state index >= 15 is 0 Å². The average Bonchev–Trinajstić information content (AvgIpc) is 3.07. The van der Waals surface area contributed by atoms with Crippen molar-refractivity contribution < 1.29 is 19.4 Å². The van der Waals surface area contributed by atoms with E-state index in [9.17, 15) is 9.90 Å². The van der Waals surface area contributed by atoms with Crippen LogP contribution >= 0.6 is 11.3 Å². The van der Waals surface area contributed by atoms with Gasteiger partial charge in [0.2, 0.25) is 0 Å². The molecule has 0 atom stereocenters. The Morgan fingerprint density at radius 1 is 1.23 bits per heavy atom. The van der Waals surface area contributed by atoms with Gasteiger partial charge in [-0.05, 0) is 19.1 Å². The van der Waals surface area contributed by atoms with E-state index in [0.29, 0.717) is 27.7 Å². The van der Waals surface area contributed by atoms with Crippen LogP contribution in [0.15, 0.2) is 24.4 Å². The number of aryl methyl sites for hydroxylation is 1. The predicted octanol–water partition coefficient (Wildman–Crippen LogP) is 3.09. The first-order chi connectivity index (χ1) is 10.5. The van der Waals surface area contributed by atoms with Gasteiger partial charge in [-0.3, -0.25) is 4.40 Å². The maximum atomic E-state index is 11.6. The predicted molar refractivity (Wildman–Crippen MR) is 83.3 cm³/mol. The molecule has 2 heterocycles. The van der Waals surface area contributed by atoms with Crippen molar-refractivity contribution in [3.63, 3.8) is 0 Å². The quantitative estimate of drug-likeness (QED) is 0.800. The molecule has 0 fully saturated rings. The van der Waals surface area contributed by atoms with Gasteiger partial charge in [-0.1, -0.05) is 11.3 Å². The Morgan fingerprint density at radius 3 is 2.41 bits per heavy atom. The third-order valence-corrected chi connectivity index (χ3v) is 4.40. The summed E-state index contributed by atoms with van der Waals surface area (Å²) in [5.74, 6) is 0.220. The van der Waals surface area contributed by atoms with Gasteiger partial charge in [0.25, 0.3) is 0 Å². The Hall–Kier alpha value is -2.54. The smallest absolute Gasteiger partial charge is 0.348 e. The largest absolute Gasteiger partial charge is 0.497 e. The molecule has 0 aliphatic carbocycles. The van der Waals surface area contributed by atoms with Crippen molar-refractivity contribution in [1.29, 1.82) is 0 Å². The van der Waals surface area contributed by atoms with Crippen molar-refractivity contribution in [3.05, 3.63) is 35.0 Å². The van der Waals surface area contributed by atoms with Crippen LogP contribution in [0.25, 0.3) is 16.2 Å². The SMILES string of the molecule is COc1cc(OC)cc(-c2c(C(=O)O)sc3ncc(C)n23)c1. The fourth-order valence-corrected chi connectivity index (χ4v) is 3.36. The number of aromatic carboxylic acids is 1. The Balaban J connectivity index is 2.35. The number of fused-ring (bicyclic) bond motifs is 1. The van der Waals surface area contributed by atoms with Crippen molar-refractivity contribution in [3.8, 4) is 22.8 Å². The molecule has 0 unspecified atom stereocenters. The minimum Gasteiger partial charge on any atom is -0.497 e. The van der Waals surface area contributed by atoms with Crippen LogP contribution in [0, 0.1) is 6.92 Å². The molecule has 22 heavy (non-hydrogen) atoms. The van der Waals surface area contributed by atoms with Gasteiger partial charge in [-0.25, -0.2) is 9.78 Å². The summed E-state index contributed by atoms with van der Waals surface area (Å²) in [5, 5.41) is 9.50. The number of benzene rings is 1. The van der Waals surface area contributed by atoms with Crippen LogP contribution < -0.4 is 9.47 Å². The van der Waals surface area contributed by atoms with E-state index < -0.39 is 5.97 Å². The summed E-state index contributed by atoms with van der Waals surface area (Å²) < 4.78 is 12.4. The Morgan fingerprint density at radius 2 is 1.86 bits per heavy atom. The lowest BCUT2D eigenvalue weighted by molar-refractivity contribution is 0.0702. The topological polar surface area (TPSA) is 73.1 Å². The minimum atomic E-state index is -0.980. The third-order valence-electron chi connectivity index (χ3n) is 3.36. The second kappa shape index (κ2) is 5.34. The molecule has 1 aromatic carbocycles. The Kier molecular flexibility index (Phi) is 3.50. The molecule has 0 amide bonds. The number of carboxylic acids is 1. The van der Waals surface area contributed by atoms with Gasteiger partial charge < -0.3 is 14.6 Å². The van der Waals surface area contributed by atoms with Crippen LogP contribution in [0.4, 0.5) is 0 Å². The zero-order chi connectivity index (χ0) is 15.9. The van der Waals surface area contributed by atoms with Crippen LogP contribution in [0.2, 0.25) is 0 Å². The first-order valence-electron chi connectivity index (χ1n) is 6.48. The van der Waals surface area contributed by atoms with E-state index in [1.165, 1.54) is 0 Å². The average molecular weight is 318 g/mol. The molecule has 0 bridgehead atoms. The molecule has 0 spiro atoms. The van der Waals surface area contributed by atoms with E-state index in [2.05, 4.69) is 4.98 Å². The number of carbonyl (C=O) groups is 1. The van der Waals surface area contributed by atoms with Crippen molar-refractivity contribution in [2.45, 2.75) is 6.92 Å². The van der Waals surface area contributed by atoms with Gasteiger partial charge >= 0.3 is 5.97 Å². The maximum absolute atomic E-state index is 11.6. The number of hydrogen-bond donors (Lipinski definition) is 1. The number of rotatable bonds is 4. The molecule has 7 heteroatoms. The monoisotopic (exact) mass is 318 g/mol. The van der Waals surface area contributed by atoms with Gasteiger partial charge in [-0.15, -0.1) is 0 Å². The molecule has 0 radical (unpaired) electrons. The van der Waals surface area contributed by atoms with Crippen molar-refractivity contribution in [1.82, 2.24) is 9.38 Å². The lowest BCUT2D eigenvalue weighted by atomic mass is 10.1. The second-order valence-corrected chi connectivity index (χ2v) is 5.68. The highest BCUT2D eigenvalue weighted by molar-refractivity contribution is 7.19. The van der Waals surface area contributed by atoms with Crippen molar-refractivity contribution >= 4 is 22.3 Å². The molecule has 2 aromatic heterocycles. The molecule has 0 saturated heterocycles. The Labute approximate surface area is 130 Å². The highest BCUT2D eigenvalue weighted by atomic mass is 32.1. The summed E-state index contributed by atoms with van der Waals surface area (Å²) >= 11 is 1.15. The lowest BCUT2D eigenvalue weighted by Gasteiger charge is -2.09. The van der Waals surface area contributed by atoms with Crippen LogP contribution in [-0.2, 0) is 0 Å². The van der Waals surface area contributed by atoms with Gasteiger partial charge in [0.15, 0.2) is 4.96 Å². The molecule has 1 N–H and O–H groups in total. The third kappa shape index (κ3) is 2.19. The number of hydrogen-bond acceptors (Lipinski definition) is 5. The summed E-state index contributed by atoms with van der Waals surface area (Å²) in [5.41, 5.74) is 2.16. The standard InChI is InChI=1S/C15H14N2O4S/c1-8-7-16-15-17(8)12(13(22-15)14(18)19)9-4-10(20-2)6-11(5-9)21-3/h4-7H,1-3H3,(H,18,19). The molecule has 0 saturated carbocycles. The first-order valence-corrected chi connectivity index (χ1v) is 7.30. The van der Waals surface area contributed by atoms with Crippen LogP contribution in [-0.4, -0.2) is 34.7 Å². The Bertz CT molecular complexity index is 844. The molecule has 114 valence electrons.